The molecule has 0 amide bonds. The Morgan fingerprint density at radius 3 is 2.42 bits per heavy atom. The first-order chi connectivity index (χ1) is 5.38. The summed E-state index contributed by atoms with van der Waals surface area (Å²) in [5.74, 6) is -1.09. The van der Waals surface area contributed by atoms with Gasteiger partial charge < -0.3 is 10.5 Å². The van der Waals surface area contributed by atoms with Crippen molar-refractivity contribution in [2.24, 2.45) is 5.73 Å². The quantitative estimate of drug-likeness (QED) is 0.395. The third kappa shape index (κ3) is 3.85. The number of carbonyl (C=O) groups excluding carboxylic acids is 1. The van der Waals surface area contributed by atoms with Crippen LogP contribution in [0.5, 0.6) is 0 Å². The van der Waals surface area contributed by atoms with Gasteiger partial charge in [-0.1, -0.05) is 0 Å². The summed E-state index contributed by atoms with van der Waals surface area (Å²) in [6.45, 7) is 1.50. The van der Waals surface area contributed by atoms with Crippen molar-refractivity contribution < 1.29 is 22.7 Å². The van der Waals surface area contributed by atoms with Crippen LogP contribution in [0.3, 0.4) is 0 Å². The Labute approximate surface area is 67.0 Å². The summed E-state index contributed by atoms with van der Waals surface area (Å²) in [6.07, 6.45) is -4.46. The average Bonchev–Trinajstić information content (AvgIpc) is 1.85. The second-order valence-electron chi connectivity index (χ2n) is 1.85. The van der Waals surface area contributed by atoms with Gasteiger partial charge in [-0.3, -0.25) is 0 Å². The summed E-state index contributed by atoms with van der Waals surface area (Å²) in [5.41, 5.74) is 3.06. The minimum absolute atomic E-state index is 0.0144. The molecule has 2 N–H and O–H groups in total. The predicted molar refractivity (Wildman–Crippen MR) is 35.0 cm³/mol. The lowest BCUT2D eigenvalue weighted by molar-refractivity contribution is -0.138. The standard InChI is InChI=1S/C6H8F3NO2/c1-2-12-5(11)3-4(10)6(7,8)9/h3H,2,10H2,1H3/b4-3-/i10+1. The van der Waals surface area contributed by atoms with Crippen molar-refractivity contribution in [1.29, 1.82) is 0 Å². The van der Waals surface area contributed by atoms with Crippen molar-refractivity contribution in [3.8, 4) is 0 Å². The molecule has 70 valence electrons. The smallest absolute Gasteiger partial charge is 0.430 e. The lowest BCUT2D eigenvalue weighted by Crippen LogP contribution is -2.21. The molecule has 0 unspecified atom stereocenters. The van der Waals surface area contributed by atoms with Gasteiger partial charge in [0.05, 0.1) is 12.7 Å². The maximum Gasteiger partial charge on any atom is 0.430 e. The predicted octanol–water partition coefficient (Wildman–Crippen LogP) is 0.954. The van der Waals surface area contributed by atoms with Crippen molar-refractivity contribution >= 4 is 5.97 Å². The van der Waals surface area contributed by atoms with E-state index in [0.29, 0.717) is 0 Å². The van der Waals surface area contributed by atoms with Gasteiger partial charge in [0, 0.05) is 0 Å². The summed E-state index contributed by atoms with van der Waals surface area (Å²) < 4.78 is 39.2. The number of allylic oxidation sites excluding steroid dienone is 1. The van der Waals surface area contributed by atoms with Crippen molar-refractivity contribution in [3.05, 3.63) is 11.8 Å². The number of nitrogens with two attached hydrogens (primary N) is 1. The third-order valence-electron chi connectivity index (χ3n) is 0.887. The van der Waals surface area contributed by atoms with E-state index in [1.165, 1.54) is 6.92 Å². The van der Waals surface area contributed by atoms with Crippen LogP contribution in [0.1, 0.15) is 6.92 Å². The number of carbonyl (C=O) groups is 1. The number of esters is 1. The summed E-state index contributed by atoms with van der Waals surface area (Å²) in [7, 11) is 0. The molecule has 6 heteroatoms. The Bertz CT molecular complexity index is 197. The van der Waals surface area contributed by atoms with Gasteiger partial charge in [-0.15, -0.1) is 0 Å². The first-order valence-electron chi connectivity index (χ1n) is 3.09. The van der Waals surface area contributed by atoms with Crippen LogP contribution in [0.25, 0.3) is 0 Å². The lowest BCUT2D eigenvalue weighted by atomic mass is 10.4. The van der Waals surface area contributed by atoms with Crippen LogP contribution in [-0.2, 0) is 9.53 Å². The monoisotopic (exact) mass is 184 g/mol. The molecule has 0 saturated carbocycles. The van der Waals surface area contributed by atoms with Crippen LogP contribution in [0.2, 0.25) is 0 Å². The Kier molecular flexibility index (Phi) is 3.59. The Balaban J connectivity index is 4.26. The molecule has 0 spiro atoms. The SMILES string of the molecule is CCOC(=O)/C=C(\[15NH2])C(F)(F)F. The fourth-order valence-corrected chi connectivity index (χ4v) is 0.393. The normalized spacial score (nSPS) is 12.8. The molecule has 0 aliphatic heterocycles. The number of rotatable bonds is 2. The first-order valence-corrected chi connectivity index (χ1v) is 3.09. The Hall–Kier alpha value is -1.20. The van der Waals surface area contributed by atoms with E-state index in [2.05, 4.69) is 10.5 Å². The maximum atomic E-state index is 11.6. The van der Waals surface area contributed by atoms with E-state index >= 15 is 0 Å². The molecule has 0 aromatic heterocycles. The molecule has 0 rings (SSSR count). The highest BCUT2D eigenvalue weighted by Gasteiger charge is 2.32. The zero-order valence-corrected chi connectivity index (χ0v) is 6.31. The Morgan fingerprint density at radius 2 is 2.08 bits per heavy atom. The number of halogens is 3. The molecule has 0 heterocycles. The van der Waals surface area contributed by atoms with E-state index in [-0.39, 0.29) is 12.7 Å². The van der Waals surface area contributed by atoms with Gasteiger partial charge in [-0.25, -0.2) is 4.79 Å². The van der Waals surface area contributed by atoms with Crippen LogP contribution in [0, 0.1) is 0 Å². The minimum Gasteiger partial charge on any atom is -0.463 e. The highest BCUT2D eigenvalue weighted by molar-refractivity contribution is 5.82. The maximum absolute atomic E-state index is 11.6. The lowest BCUT2D eigenvalue weighted by Gasteiger charge is -2.05. The topological polar surface area (TPSA) is 52.3 Å². The van der Waals surface area contributed by atoms with Gasteiger partial charge in [0.15, 0.2) is 0 Å². The fraction of sp³-hybridized carbons (Fsp3) is 0.500. The molecule has 0 saturated heterocycles. The zero-order valence-electron chi connectivity index (χ0n) is 6.31. The molecule has 0 atom stereocenters. The number of alkyl halides is 3. The highest BCUT2D eigenvalue weighted by Crippen LogP contribution is 2.20. The minimum atomic E-state index is -4.67. The number of hydrogen-bond acceptors (Lipinski definition) is 3. The third-order valence-corrected chi connectivity index (χ3v) is 0.887. The van der Waals surface area contributed by atoms with E-state index in [1.807, 2.05) is 0 Å². The van der Waals surface area contributed by atoms with E-state index in [4.69, 9.17) is 0 Å². The van der Waals surface area contributed by atoms with Crippen LogP contribution < -0.4 is 5.73 Å². The number of ether oxygens (including phenoxy) is 1. The zero-order chi connectivity index (χ0) is 9.78. The second kappa shape index (κ2) is 3.99. The van der Waals surface area contributed by atoms with Gasteiger partial charge in [-0.2, -0.15) is 13.2 Å². The van der Waals surface area contributed by atoms with Gasteiger partial charge >= 0.3 is 12.1 Å². The summed E-state index contributed by atoms with van der Waals surface area (Å²) >= 11 is 0. The molecule has 3 nitrogen and oxygen atoms in total. The van der Waals surface area contributed by atoms with Crippen molar-refractivity contribution in [2.45, 2.75) is 13.1 Å². The van der Waals surface area contributed by atoms with Gasteiger partial charge in [-0.05, 0) is 6.92 Å². The molecular formula is C6H8F3NO2. The van der Waals surface area contributed by atoms with E-state index in [9.17, 15) is 18.0 Å². The molecule has 0 radical (unpaired) electrons. The fourth-order valence-electron chi connectivity index (χ4n) is 0.393. The van der Waals surface area contributed by atoms with Gasteiger partial charge in [0.25, 0.3) is 0 Å². The molecular weight excluding hydrogens is 176 g/mol. The van der Waals surface area contributed by atoms with E-state index < -0.39 is 17.8 Å². The average molecular weight is 184 g/mol. The molecule has 12 heavy (non-hydrogen) atoms. The van der Waals surface area contributed by atoms with Crippen molar-refractivity contribution in [3.63, 3.8) is 0 Å². The summed E-state index contributed by atoms with van der Waals surface area (Å²) in [6, 6.07) is 0. The highest BCUT2D eigenvalue weighted by atomic mass is 19.4. The van der Waals surface area contributed by atoms with Crippen LogP contribution in [0.4, 0.5) is 13.2 Å². The molecule has 0 aliphatic carbocycles. The van der Waals surface area contributed by atoms with Gasteiger partial charge in [0.1, 0.15) is 5.70 Å². The van der Waals surface area contributed by atoms with E-state index in [1.54, 1.807) is 0 Å². The van der Waals surface area contributed by atoms with Crippen LogP contribution in [-0.4, -0.2) is 18.8 Å². The Morgan fingerprint density at radius 1 is 1.58 bits per heavy atom. The molecule has 0 bridgehead atoms. The summed E-state index contributed by atoms with van der Waals surface area (Å²) in [4.78, 5) is 10.4. The summed E-state index contributed by atoms with van der Waals surface area (Å²) in [5, 5.41) is 0. The first kappa shape index (κ1) is 10.8. The number of hydrogen-bond donors (Lipinski definition) is 1. The molecule has 0 aliphatic rings. The van der Waals surface area contributed by atoms with Gasteiger partial charge in [0.2, 0.25) is 0 Å². The molecule has 0 aromatic rings. The van der Waals surface area contributed by atoms with E-state index in [0.717, 1.165) is 0 Å². The molecule has 0 aromatic carbocycles. The largest absolute Gasteiger partial charge is 0.463 e. The van der Waals surface area contributed by atoms with Crippen molar-refractivity contribution in [2.75, 3.05) is 6.61 Å². The van der Waals surface area contributed by atoms with Crippen LogP contribution in [0.15, 0.2) is 11.8 Å². The van der Waals surface area contributed by atoms with Crippen molar-refractivity contribution in [1.82, 2.24) is 0 Å². The van der Waals surface area contributed by atoms with Crippen LogP contribution >= 0.6 is 0 Å². The second-order valence-corrected chi connectivity index (χ2v) is 1.85. The molecule has 0 fully saturated rings.